The molecule has 3 aromatic rings. The Bertz CT molecular complexity index is 933. The lowest BCUT2D eigenvalue weighted by Gasteiger charge is -2.10. The normalized spacial score (nSPS) is 16.9. The summed E-state index contributed by atoms with van der Waals surface area (Å²) in [5.74, 6) is 0.894. The van der Waals surface area contributed by atoms with Crippen LogP contribution in [0, 0.1) is 0 Å². The van der Waals surface area contributed by atoms with Gasteiger partial charge in [-0.15, -0.1) is 0 Å². The predicted octanol–water partition coefficient (Wildman–Crippen LogP) is 5.22. The van der Waals surface area contributed by atoms with Gasteiger partial charge < -0.3 is 0 Å². The zero-order valence-corrected chi connectivity index (χ0v) is 13.7. The molecule has 1 unspecified atom stereocenters. The fourth-order valence-electron chi connectivity index (χ4n) is 3.32. The molecule has 1 aliphatic rings. The van der Waals surface area contributed by atoms with Crippen molar-refractivity contribution in [1.82, 2.24) is 15.2 Å². The second-order valence-electron chi connectivity index (χ2n) is 6.00. The van der Waals surface area contributed by atoms with Gasteiger partial charge in [0.1, 0.15) is 5.82 Å². The van der Waals surface area contributed by atoms with Crippen molar-refractivity contribution >= 4 is 11.6 Å². The number of H-pyrrole nitrogens is 1. The monoisotopic (exact) mass is 363 g/mol. The van der Waals surface area contributed by atoms with Crippen LogP contribution in [0.2, 0.25) is 5.02 Å². The van der Waals surface area contributed by atoms with Crippen LogP contribution in [0.3, 0.4) is 0 Å². The van der Waals surface area contributed by atoms with Gasteiger partial charge >= 0.3 is 6.18 Å². The van der Waals surface area contributed by atoms with E-state index in [4.69, 9.17) is 11.6 Å². The molecule has 0 amide bonds. The molecule has 128 valence electrons. The predicted molar refractivity (Wildman–Crippen MR) is 88.4 cm³/mol. The molecule has 1 aliphatic carbocycles. The molecule has 1 aromatic heterocycles. The van der Waals surface area contributed by atoms with E-state index in [0.29, 0.717) is 5.82 Å². The standard InChI is InChI=1S/C18H13ClF3N3/c19-15-13(6-3-7-14(15)18(20,21)22)17-23-16(24-25-17)12-9-8-10-4-1-2-5-11(10)12/h1-7,12H,8-9H2,(H,23,24,25). The first-order valence-electron chi connectivity index (χ1n) is 7.81. The van der Waals surface area contributed by atoms with Gasteiger partial charge in [-0.3, -0.25) is 5.10 Å². The molecular weight excluding hydrogens is 351 g/mol. The molecule has 0 fully saturated rings. The van der Waals surface area contributed by atoms with Gasteiger partial charge in [0, 0.05) is 11.5 Å². The number of halogens is 4. The average Bonchev–Trinajstić information content (AvgIpc) is 3.20. The van der Waals surface area contributed by atoms with Crippen molar-refractivity contribution < 1.29 is 13.2 Å². The van der Waals surface area contributed by atoms with Crippen LogP contribution in [0.25, 0.3) is 11.4 Å². The molecule has 4 rings (SSSR count). The smallest absolute Gasteiger partial charge is 0.262 e. The molecule has 3 nitrogen and oxygen atoms in total. The number of hydrogen-bond acceptors (Lipinski definition) is 2. The number of aromatic amines is 1. The highest BCUT2D eigenvalue weighted by Crippen LogP contribution is 2.40. The van der Waals surface area contributed by atoms with E-state index in [2.05, 4.69) is 21.2 Å². The van der Waals surface area contributed by atoms with Crippen molar-refractivity contribution in [2.24, 2.45) is 0 Å². The summed E-state index contributed by atoms with van der Waals surface area (Å²) in [6, 6.07) is 11.8. The second-order valence-corrected chi connectivity index (χ2v) is 6.38. The van der Waals surface area contributed by atoms with Crippen LogP contribution in [-0.4, -0.2) is 15.2 Å². The molecule has 0 radical (unpaired) electrons. The molecule has 7 heteroatoms. The quantitative estimate of drug-likeness (QED) is 0.678. The fraction of sp³-hybridized carbons (Fsp3) is 0.222. The molecule has 0 saturated heterocycles. The van der Waals surface area contributed by atoms with Crippen LogP contribution in [0.4, 0.5) is 13.2 Å². The Kier molecular flexibility index (Phi) is 3.80. The molecule has 2 aromatic carbocycles. The SMILES string of the molecule is FC(F)(F)c1cccc(-c2n[nH]c(C3CCc4ccccc43)n2)c1Cl. The Morgan fingerprint density at radius 3 is 2.68 bits per heavy atom. The summed E-state index contributed by atoms with van der Waals surface area (Å²) in [4.78, 5) is 4.43. The van der Waals surface area contributed by atoms with E-state index in [1.54, 1.807) is 0 Å². The van der Waals surface area contributed by atoms with E-state index in [1.807, 2.05) is 18.2 Å². The summed E-state index contributed by atoms with van der Waals surface area (Å²) in [6.45, 7) is 0. The number of nitrogens with one attached hydrogen (secondary N) is 1. The number of nitrogens with zero attached hydrogens (tertiary/aromatic N) is 2. The Labute approximate surface area is 146 Å². The minimum Gasteiger partial charge on any atom is -0.262 e. The highest BCUT2D eigenvalue weighted by Gasteiger charge is 2.34. The van der Waals surface area contributed by atoms with Crippen molar-refractivity contribution in [3.8, 4) is 11.4 Å². The van der Waals surface area contributed by atoms with Crippen LogP contribution in [0.1, 0.15) is 34.9 Å². The largest absolute Gasteiger partial charge is 0.417 e. The van der Waals surface area contributed by atoms with Gasteiger partial charge in [-0.1, -0.05) is 41.9 Å². The van der Waals surface area contributed by atoms with Gasteiger partial charge in [-0.2, -0.15) is 18.3 Å². The van der Waals surface area contributed by atoms with Crippen molar-refractivity contribution in [2.45, 2.75) is 24.9 Å². The number of aryl methyl sites for hydroxylation is 1. The third-order valence-corrected chi connectivity index (χ3v) is 4.92. The highest BCUT2D eigenvalue weighted by molar-refractivity contribution is 6.34. The van der Waals surface area contributed by atoms with E-state index in [0.717, 1.165) is 18.9 Å². The summed E-state index contributed by atoms with van der Waals surface area (Å²) in [6.07, 6.45) is -2.68. The highest BCUT2D eigenvalue weighted by atomic mass is 35.5. The number of alkyl halides is 3. The first kappa shape index (κ1) is 16.1. The number of aromatic nitrogens is 3. The fourth-order valence-corrected chi connectivity index (χ4v) is 3.63. The van der Waals surface area contributed by atoms with E-state index in [9.17, 15) is 13.2 Å². The molecule has 0 bridgehead atoms. The maximum Gasteiger partial charge on any atom is 0.417 e. The summed E-state index contributed by atoms with van der Waals surface area (Å²) in [7, 11) is 0. The molecule has 0 saturated carbocycles. The molecule has 0 spiro atoms. The molecule has 1 heterocycles. The van der Waals surface area contributed by atoms with Crippen molar-refractivity contribution in [2.75, 3.05) is 0 Å². The van der Waals surface area contributed by atoms with Gasteiger partial charge in [0.15, 0.2) is 5.82 Å². The van der Waals surface area contributed by atoms with Gasteiger partial charge in [-0.25, -0.2) is 4.98 Å². The van der Waals surface area contributed by atoms with E-state index in [-0.39, 0.29) is 22.3 Å². The maximum absolute atomic E-state index is 13.0. The zero-order chi connectivity index (χ0) is 17.6. The van der Waals surface area contributed by atoms with Gasteiger partial charge in [-0.05, 0) is 36.1 Å². The minimum absolute atomic E-state index is 0.0713. The van der Waals surface area contributed by atoms with E-state index < -0.39 is 11.7 Å². The molecule has 1 atom stereocenters. The molecular formula is C18H13ClF3N3. The zero-order valence-electron chi connectivity index (χ0n) is 12.9. The first-order valence-corrected chi connectivity index (χ1v) is 8.19. The van der Waals surface area contributed by atoms with Crippen LogP contribution in [0.5, 0.6) is 0 Å². The Morgan fingerprint density at radius 2 is 1.88 bits per heavy atom. The van der Waals surface area contributed by atoms with Crippen LogP contribution in [0.15, 0.2) is 42.5 Å². The lowest BCUT2D eigenvalue weighted by atomic mass is 10.0. The van der Waals surface area contributed by atoms with E-state index in [1.165, 1.54) is 23.3 Å². The number of rotatable bonds is 2. The Hall–Kier alpha value is -2.34. The van der Waals surface area contributed by atoms with Crippen molar-refractivity contribution in [1.29, 1.82) is 0 Å². The third-order valence-electron chi connectivity index (χ3n) is 4.51. The molecule has 1 N–H and O–H groups in total. The summed E-state index contributed by atoms with van der Waals surface area (Å²) in [5.41, 5.74) is 1.73. The van der Waals surface area contributed by atoms with Crippen LogP contribution < -0.4 is 0 Å². The molecule has 0 aliphatic heterocycles. The Balaban J connectivity index is 1.72. The number of benzene rings is 2. The summed E-state index contributed by atoms with van der Waals surface area (Å²) in [5, 5.41) is 6.59. The maximum atomic E-state index is 13.0. The first-order chi connectivity index (χ1) is 11.9. The van der Waals surface area contributed by atoms with Crippen LogP contribution in [-0.2, 0) is 12.6 Å². The van der Waals surface area contributed by atoms with Gasteiger partial charge in [0.05, 0.1) is 10.6 Å². The van der Waals surface area contributed by atoms with Gasteiger partial charge in [0.2, 0.25) is 0 Å². The Morgan fingerprint density at radius 1 is 1.08 bits per heavy atom. The lowest BCUT2D eigenvalue weighted by molar-refractivity contribution is -0.137. The topological polar surface area (TPSA) is 41.6 Å². The summed E-state index contributed by atoms with van der Waals surface area (Å²) < 4.78 is 39.1. The van der Waals surface area contributed by atoms with Crippen LogP contribution >= 0.6 is 11.6 Å². The van der Waals surface area contributed by atoms with Crippen molar-refractivity contribution in [3.05, 3.63) is 70.0 Å². The minimum atomic E-state index is -4.52. The number of fused-ring (bicyclic) bond motifs is 1. The average molecular weight is 364 g/mol. The van der Waals surface area contributed by atoms with E-state index >= 15 is 0 Å². The van der Waals surface area contributed by atoms with Gasteiger partial charge in [0.25, 0.3) is 0 Å². The van der Waals surface area contributed by atoms with Crippen molar-refractivity contribution in [3.63, 3.8) is 0 Å². The molecule has 25 heavy (non-hydrogen) atoms. The summed E-state index contributed by atoms with van der Waals surface area (Å²) >= 11 is 5.96. The second kappa shape index (κ2) is 5.88. The number of hydrogen-bond donors (Lipinski definition) is 1. The lowest BCUT2D eigenvalue weighted by Crippen LogP contribution is -2.06. The third kappa shape index (κ3) is 2.80.